The Bertz CT molecular complexity index is 589. The number of hydrogen-bond donors (Lipinski definition) is 3. The third kappa shape index (κ3) is 3.99. The Kier molecular flexibility index (Phi) is 5.37. The summed E-state index contributed by atoms with van der Waals surface area (Å²) in [5.74, 6) is -3.35. The average Bonchev–Trinajstić information content (AvgIpc) is 2.42. The summed E-state index contributed by atoms with van der Waals surface area (Å²) >= 11 is 0. The van der Waals surface area contributed by atoms with Gasteiger partial charge in [0.2, 0.25) is 5.91 Å². The van der Waals surface area contributed by atoms with Crippen molar-refractivity contribution in [3.63, 3.8) is 0 Å². The molecule has 0 saturated carbocycles. The van der Waals surface area contributed by atoms with Gasteiger partial charge in [-0.25, -0.2) is 9.18 Å². The van der Waals surface area contributed by atoms with Crippen molar-refractivity contribution in [1.29, 1.82) is 0 Å². The fourth-order valence-corrected chi connectivity index (χ4v) is 1.50. The molecule has 0 saturated heterocycles. The van der Waals surface area contributed by atoms with Gasteiger partial charge in [-0.1, -0.05) is 0 Å². The molecule has 1 aromatic rings. The van der Waals surface area contributed by atoms with Crippen molar-refractivity contribution < 1.29 is 23.5 Å². The van der Waals surface area contributed by atoms with Crippen molar-refractivity contribution in [3.8, 4) is 0 Å². The molecule has 1 aromatic carbocycles. The first-order chi connectivity index (χ1) is 9.77. The van der Waals surface area contributed by atoms with E-state index in [2.05, 4.69) is 10.1 Å². The Hall–Kier alpha value is -2.48. The van der Waals surface area contributed by atoms with Crippen LogP contribution in [-0.2, 0) is 14.3 Å². The summed E-state index contributed by atoms with van der Waals surface area (Å²) in [6.07, 6.45) is 0. The smallest absolute Gasteiger partial charge is 0.332 e. The molecule has 0 aliphatic rings. The number of hydrogen-bond acceptors (Lipinski definition) is 5. The van der Waals surface area contributed by atoms with Crippen LogP contribution in [-0.4, -0.2) is 30.4 Å². The minimum absolute atomic E-state index is 0.00792. The molecular formula is C13H16FN3O4. The highest BCUT2D eigenvalue weighted by Gasteiger charge is 2.24. The molecule has 0 aliphatic heterocycles. The highest BCUT2D eigenvalue weighted by atomic mass is 19.1. The molecule has 0 radical (unpaired) electrons. The molecule has 1 unspecified atom stereocenters. The minimum atomic E-state index is -1.55. The van der Waals surface area contributed by atoms with E-state index in [9.17, 15) is 18.8 Å². The fourth-order valence-electron chi connectivity index (χ4n) is 1.50. The lowest BCUT2D eigenvalue weighted by atomic mass is 10.1. The lowest BCUT2D eigenvalue weighted by Gasteiger charge is -2.14. The summed E-state index contributed by atoms with van der Waals surface area (Å²) in [5, 5.41) is 2.27. The topological polar surface area (TPSA) is 125 Å². The van der Waals surface area contributed by atoms with E-state index >= 15 is 0 Å². The first-order valence-corrected chi connectivity index (χ1v) is 6.11. The molecule has 7 nitrogen and oxygen atoms in total. The van der Waals surface area contributed by atoms with Crippen molar-refractivity contribution >= 4 is 23.5 Å². The second-order valence-corrected chi connectivity index (χ2v) is 4.21. The number of nitrogens with one attached hydrogen (secondary N) is 1. The number of anilines is 1. The normalized spacial score (nSPS) is 11.6. The van der Waals surface area contributed by atoms with Crippen LogP contribution in [0.1, 0.15) is 22.8 Å². The SMILES string of the molecule is CCOC(=O)C(N)C(=O)Nc1cc(C(N)=O)cc(F)c1C. The zero-order valence-electron chi connectivity index (χ0n) is 11.6. The third-order valence-electron chi connectivity index (χ3n) is 2.71. The van der Waals surface area contributed by atoms with Crippen LogP contribution >= 0.6 is 0 Å². The Morgan fingerprint density at radius 3 is 2.52 bits per heavy atom. The number of carbonyl (C=O) groups is 3. The summed E-state index contributed by atoms with van der Waals surface area (Å²) in [6, 6.07) is 0.611. The lowest BCUT2D eigenvalue weighted by Crippen LogP contribution is -2.43. The molecule has 2 amide bonds. The van der Waals surface area contributed by atoms with Crippen molar-refractivity contribution in [1.82, 2.24) is 0 Å². The fraction of sp³-hybridized carbons (Fsp3) is 0.308. The van der Waals surface area contributed by atoms with Crippen LogP contribution in [0.4, 0.5) is 10.1 Å². The first kappa shape index (κ1) is 16.6. The summed E-state index contributed by atoms with van der Waals surface area (Å²) in [6.45, 7) is 3.04. The number of primary amides is 1. The van der Waals surface area contributed by atoms with Crippen LogP contribution in [0.2, 0.25) is 0 Å². The van der Waals surface area contributed by atoms with E-state index in [0.29, 0.717) is 0 Å². The number of nitrogens with two attached hydrogens (primary N) is 2. The molecule has 0 bridgehead atoms. The van der Waals surface area contributed by atoms with E-state index in [-0.39, 0.29) is 23.4 Å². The van der Waals surface area contributed by atoms with E-state index in [1.54, 1.807) is 6.92 Å². The van der Waals surface area contributed by atoms with Gasteiger partial charge in [0.1, 0.15) is 5.82 Å². The lowest BCUT2D eigenvalue weighted by molar-refractivity contribution is -0.146. The maximum atomic E-state index is 13.6. The van der Waals surface area contributed by atoms with Crippen molar-refractivity contribution in [2.75, 3.05) is 11.9 Å². The van der Waals surface area contributed by atoms with Gasteiger partial charge in [0.15, 0.2) is 6.04 Å². The largest absolute Gasteiger partial charge is 0.464 e. The zero-order valence-corrected chi connectivity index (χ0v) is 11.6. The Labute approximate surface area is 120 Å². The van der Waals surface area contributed by atoms with Crippen LogP contribution in [0, 0.1) is 12.7 Å². The molecular weight excluding hydrogens is 281 g/mol. The number of halogens is 1. The van der Waals surface area contributed by atoms with Gasteiger partial charge in [0, 0.05) is 16.8 Å². The third-order valence-corrected chi connectivity index (χ3v) is 2.71. The molecule has 0 spiro atoms. The molecule has 1 atom stereocenters. The molecule has 0 aliphatic carbocycles. The van der Waals surface area contributed by atoms with Gasteiger partial charge in [-0.2, -0.15) is 0 Å². The molecule has 8 heteroatoms. The molecule has 1 rings (SSSR count). The summed E-state index contributed by atoms with van der Waals surface area (Å²) in [4.78, 5) is 34.2. The quantitative estimate of drug-likeness (QED) is 0.523. The maximum absolute atomic E-state index is 13.6. The van der Waals surface area contributed by atoms with Gasteiger partial charge in [0.05, 0.1) is 6.61 Å². The highest BCUT2D eigenvalue weighted by Crippen LogP contribution is 2.20. The van der Waals surface area contributed by atoms with E-state index in [1.165, 1.54) is 13.0 Å². The Morgan fingerprint density at radius 2 is 2.00 bits per heavy atom. The average molecular weight is 297 g/mol. The number of esters is 1. The van der Waals surface area contributed by atoms with Crippen molar-refractivity contribution in [3.05, 3.63) is 29.1 Å². The van der Waals surface area contributed by atoms with Crippen LogP contribution in [0.3, 0.4) is 0 Å². The second kappa shape index (κ2) is 6.80. The van der Waals surface area contributed by atoms with Gasteiger partial charge in [0.25, 0.3) is 5.91 Å². The zero-order chi connectivity index (χ0) is 16.2. The number of ether oxygens (including phenoxy) is 1. The monoisotopic (exact) mass is 297 g/mol. The number of benzene rings is 1. The van der Waals surface area contributed by atoms with E-state index in [4.69, 9.17) is 11.5 Å². The molecule has 0 fully saturated rings. The first-order valence-electron chi connectivity index (χ1n) is 6.11. The molecule has 114 valence electrons. The number of carbonyl (C=O) groups excluding carboxylic acids is 3. The van der Waals surface area contributed by atoms with Crippen LogP contribution in [0.25, 0.3) is 0 Å². The van der Waals surface area contributed by atoms with Crippen LogP contribution in [0.5, 0.6) is 0 Å². The number of amides is 2. The summed E-state index contributed by atoms with van der Waals surface area (Å²) in [5.41, 5.74) is 10.5. The standard InChI is InChI=1S/C13H16FN3O4/c1-3-21-13(20)10(15)12(19)17-9-5-7(11(16)18)4-8(14)6(9)2/h4-5,10H,3,15H2,1-2H3,(H2,16,18)(H,17,19). The second-order valence-electron chi connectivity index (χ2n) is 4.21. The number of rotatable bonds is 5. The highest BCUT2D eigenvalue weighted by molar-refractivity contribution is 6.08. The minimum Gasteiger partial charge on any atom is -0.464 e. The van der Waals surface area contributed by atoms with E-state index in [1.807, 2.05) is 0 Å². The van der Waals surface area contributed by atoms with Gasteiger partial charge in [-0.3, -0.25) is 9.59 Å². The maximum Gasteiger partial charge on any atom is 0.332 e. The van der Waals surface area contributed by atoms with Gasteiger partial charge in [-0.15, -0.1) is 0 Å². The Balaban J connectivity index is 2.99. The van der Waals surface area contributed by atoms with Crippen molar-refractivity contribution in [2.24, 2.45) is 11.5 Å². The van der Waals surface area contributed by atoms with Crippen LogP contribution < -0.4 is 16.8 Å². The summed E-state index contributed by atoms with van der Waals surface area (Å²) in [7, 11) is 0. The van der Waals surface area contributed by atoms with Gasteiger partial charge >= 0.3 is 5.97 Å². The predicted octanol–water partition coefficient (Wildman–Crippen LogP) is 0.0619. The molecule has 0 aromatic heterocycles. The van der Waals surface area contributed by atoms with Gasteiger partial charge < -0.3 is 21.5 Å². The predicted molar refractivity (Wildman–Crippen MR) is 72.9 cm³/mol. The van der Waals surface area contributed by atoms with Gasteiger partial charge in [-0.05, 0) is 26.0 Å². The van der Waals surface area contributed by atoms with E-state index in [0.717, 1.165) is 6.07 Å². The molecule has 21 heavy (non-hydrogen) atoms. The molecule has 5 N–H and O–H groups in total. The van der Waals surface area contributed by atoms with Crippen molar-refractivity contribution in [2.45, 2.75) is 19.9 Å². The summed E-state index contributed by atoms with van der Waals surface area (Å²) < 4.78 is 18.3. The molecule has 0 heterocycles. The van der Waals surface area contributed by atoms with E-state index < -0.39 is 29.6 Å². The Morgan fingerprint density at radius 1 is 1.38 bits per heavy atom. The van der Waals surface area contributed by atoms with Crippen LogP contribution in [0.15, 0.2) is 12.1 Å².